The first-order valence-electron chi connectivity index (χ1n) is 12.2. The monoisotopic (exact) mass is 518 g/mol. The van der Waals surface area contributed by atoms with E-state index in [0.29, 0.717) is 11.1 Å². The number of phenolic OH excluding ortho intramolecular Hbond substituents is 1. The van der Waals surface area contributed by atoms with Crippen molar-refractivity contribution in [3.8, 4) is 17.6 Å². The van der Waals surface area contributed by atoms with E-state index in [1.165, 1.54) is 18.2 Å². The zero-order valence-electron chi connectivity index (χ0n) is 20.8. The van der Waals surface area contributed by atoms with Crippen LogP contribution in [0.3, 0.4) is 0 Å². The van der Waals surface area contributed by atoms with Gasteiger partial charge < -0.3 is 26.2 Å². The highest BCUT2D eigenvalue weighted by molar-refractivity contribution is 6.13. The van der Waals surface area contributed by atoms with E-state index in [9.17, 15) is 34.4 Å². The van der Waals surface area contributed by atoms with Crippen LogP contribution in [-0.4, -0.2) is 62.8 Å². The zero-order valence-corrected chi connectivity index (χ0v) is 20.8. The van der Waals surface area contributed by atoms with Crippen molar-refractivity contribution in [3.05, 3.63) is 87.1 Å². The number of nitrogens with two attached hydrogens (primary N) is 1. The van der Waals surface area contributed by atoms with Gasteiger partial charge in [0.2, 0.25) is 5.91 Å². The van der Waals surface area contributed by atoms with Gasteiger partial charge in [-0.25, -0.2) is 4.39 Å². The van der Waals surface area contributed by atoms with Crippen LogP contribution in [-0.2, 0) is 11.2 Å². The number of hydrogen-bond acceptors (Lipinski definition) is 7. The van der Waals surface area contributed by atoms with Gasteiger partial charge in [0.1, 0.15) is 28.7 Å². The Bertz CT molecular complexity index is 1510. The number of carbonyl (C=O) groups excluding carboxylic acids is 2. The van der Waals surface area contributed by atoms with Crippen molar-refractivity contribution in [1.29, 1.82) is 0 Å². The van der Waals surface area contributed by atoms with Crippen LogP contribution in [0.4, 0.5) is 4.39 Å². The molecule has 8 nitrogen and oxygen atoms in total. The molecule has 4 unspecified atom stereocenters. The largest absolute Gasteiger partial charge is 0.510 e. The molecular weight excluding hydrogens is 491 g/mol. The molecule has 0 heterocycles. The van der Waals surface area contributed by atoms with E-state index in [1.54, 1.807) is 37.2 Å². The molecule has 0 aliphatic heterocycles. The molecule has 0 spiro atoms. The van der Waals surface area contributed by atoms with E-state index < -0.39 is 53.2 Å². The van der Waals surface area contributed by atoms with Crippen molar-refractivity contribution < 1.29 is 34.4 Å². The number of carbonyl (C=O) groups is 2. The molecule has 0 aromatic heterocycles. The van der Waals surface area contributed by atoms with Crippen molar-refractivity contribution in [3.63, 3.8) is 0 Å². The topological polar surface area (TPSA) is 144 Å². The third-order valence-corrected chi connectivity index (χ3v) is 7.91. The lowest BCUT2D eigenvalue weighted by Gasteiger charge is -2.51. The number of aliphatic hydroxyl groups excluding tert-OH is 2. The molecule has 3 aliphatic rings. The van der Waals surface area contributed by atoms with Crippen molar-refractivity contribution in [2.75, 3.05) is 14.1 Å². The minimum atomic E-state index is -2.03. The minimum absolute atomic E-state index is 0.0429. The third kappa shape index (κ3) is 3.76. The lowest BCUT2D eigenvalue weighted by molar-refractivity contribution is -0.118. The van der Waals surface area contributed by atoms with E-state index in [1.807, 2.05) is 0 Å². The Morgan fingerprint density at radius 3 is 2.45 bits per heavy atom. The van der Waals surface area contributed by atoms with Crippen LogP contribution in [0, 0.1) is 29.5 Å². The summed E-state index contributed by atoms with van der Waals surface area (Å²) in [6, 6.07) is 8.06. The fourth-order valence-electron chi connectivity index (χ4n) is 6.15. The second-order valence-electron chi connectivity index (χ2n) is 10.3. The first-order chi connectivity index (χ1) is 18.0. The number of halogens is 1. The SMILES string of the molecule is CN(C)C1C(O)=C(C(N)=O)CC2(O)C(O)=C3C(=O)c4c(O)ccc(C#Cc5ccccc5F)c4CC3CC12. The van der Waals surface area contributed by atoms with Gasteiger partial charge in [-0.15, -0.1) is 0 Å². The van der Waals surface area contributed by atoms with Crippen LogP contribution in [0.2, 0.25) is 0 Å². The highest BCUT2D eigenvalue weighted by Crippen LogP contribution is 2.53. The normalized spacial score (nSPS) is 26.3. The second kappa shape index (κ2) is 9.01. The number of aliphatic hydroxyl groups is 3. The molecule has 0 saturated carbocycles. The molecule has 38 heavy (non-hydrogen) atoms. The lowest BCUT2D eigenvalue weighted by Crippen LogP contribution is -2.59. The van der Waals surface area contributed by atoms with E-state index in [0.717, 1.165) is 0 Å². The highest BCUT2D eigenvalue weighted by Gasteiger charge is 2.58. The van der Waals surface area contributed by atoms with Crippen LogP contribution in [0.1, 0.15) is 39.9 Å². The number of primary amides is 1. The Kier molecular flexibility index (Phi) is 6.05. The number of aromatic hydroxyl groups is 1. The summed E-state index contributed by atoms with van der Waals surface area (Å²) in [6.07, 6.45) is -0.0581. The van der Waals surface area contributed by atoms with Crippen molar-refractivity contribution in [2.45, 2.75) is 30.9 Å². The Balaban J connectivity index is 1.64. The van der Waals surface area contributed by atoms with Crippen molar-refractivity contribution in [2.24, 2.45) is 17.6 Å². The molecular formula is C29H27FN2O6. The summed E-state index contributed by atoms with van der Waals surface area (Å²) in [4.78, 5) is 27.4. The Morgan fingerprint density at radius 2 is 1.79 bits per heavy atom. The number of Topliss-reactive ketones (excluding diaryl/α,β-unsaturated/α-hetero) is 1. The highest BCUT2D eigenvalue weighted by atomic mass is 19.1. The average molecular weight is 519 g/mol. The molecule has 0 saturated heterocycles. The van der Waals surface area contributed by atoms with Gasteiger partial charge >= 0.3 is 0 Å². The van der Waals surface area contributed by atoms with Crippen LogP contribution in [0.25, 0.3) is 0 Å². The zero-order chi connectivity index (χ0) is 27.5. The maximum Gasteiger partial charge on any atom is 0.248 e. The number of fused-ring (bicyclic) bond motifs is 3. The number of hydrogen-bond donors (Lipinski definition) is 5. The predicted octanol–water partition coefficient (Wildman–Crippen LogP) is 2.48. The summed E-state index contributed by atoms with van der Waals surface area (Å²) < 4.78 is 14.1. The molecule has 0 bridgehead atoms. The van der Waals surface area contributed by atoms with Gasteiger partial charge in [-0.05, 0) is 62.7 Å². The fraction of sp³-hybridized carbons (Fsp3) is 0.310. The first-order valence-corrected chi connectivity index (χ1v) is 12.2. The molecule has 9 heteroatoms. The van der Waals surface area contributed by atoms with Gasteiger partial charge in [0.15, 0.2) is 5.78 Å². The van der Waals surface area contributed by atoms with Crippen LogP contribution < -0.4 is 5.73 Å². The fourth-order valence-corrected chi connectivity index (χ4v) is 6.15. The van der Waals surface area contributed by atoms with E-state index in [-0.39, 0.29) is 46.6 Å². The third-order valence-electron chi connectivity index (χ3n) is 7.91. The standard InChI is InChI=1S/C29H27FN2O6/c1-32(2)24-19-12-16-11-17-14(7-8-15-5-3-4-6-20(15)30)9-10-21(33)23(17)26(35)22(16)27(36)29(19,38)13-18(25(24)34)28(31)37/h3-6,9-10,16,19,24,33-34,36,38H,11-13H2,1-2H3,(H2,31,37). The summed E-state index contributed by atoms with van der Waals surface area (Å²) in [5.41, 5.74) is 4.20. The first kappa shape index (κ1) is 25.5. The summed E-state index contributed by atoms with van der Waals surface area (Å²) in [7, 11) is 3.33. The molecule has 196 valence electrons. The van der Waals surface area contributed by atoms with Gasteiger partial charge in [-0.3, -0.25) is 14.5 Å². The molecule has 2 aromatic carbocycles. The number of allylic oxidation sites excluding steroid dienone is 1. The number of nitrogens with zero attached hydrogens (tertiary/aromatic N) is 1. The maximum atomic E-state index is 14.1. The predicted molar refractivity (Wildman–Crippen MR) is 136 cm³/mol. The quantitative estimate of drug-likeness (QED) is 0.384. The van der Waals surface area contributed by atoms with E-state index in [4.69, 9.17) is 5.73 Å². The Morgan fingerprint density at radius 1 is 1.11 bits per heavy atom. The molecule has 1 amide bonds. The van der Waals surface area contributed by atoms with Gasteiger partial charge in [-0.2, -0.15) is 0 Å². The van der Waals surface area contributed by atoms with Crippen LogP contribution in [0.15, 0.2) is 59.1 Å². The van der Waals surface area contributed by atoms with Crippen LogP contribution in [0.5, 0.6) is 5.75 Å². The second-order valence-corrected chi connectivity index (χ2v) is 10.3. The number of likely N-dealkylation sites (N-methyl/N-ethyl adjacent to an activating group) is 1. The Hall–Kier alpha value is -4.13. The molecule has 6 N–H and O–H groups in total. The molecule has 4 atom stereocenters. The number of amides is 1. The van der Waals surface area contributed by atoms with Crippen molar-refractivity contribution in [1.82, 2.24) is 4.90 Å². The van der Waals surface area contributed by atoms with E-state index >= 15 is 0 Å². The number of rotatable bonds is 2. The maximum absolute atomic E-state index is 14.1. The Labute approximate surface area is 218 Å². The molecule has 5 rings (SSSR count). The molecule has 3 aliphatic carbocycles. The van der Waals surface area contributed by atoms with Gasteiger partial charge in [0, 0.05) is 23.5 Å². The van der Waals surface area contributed by atoms with Gasteiger partial charge in [0.05, 0.1) is 22.7 Å². The number of phenols is 1. The summed E-state index contributed by atoms with van der Waals surface area (Å²) in [5.74, 6) is 1.11. The molecule has 0 fully saturated rings. The average Bonchev–Trinajstić information content (AvgIpc) is 2.85. The summed E-state index contributed by atoms with van der Waals surface area (Å²) in [5, 5.41) is 44.6. The van der Waals surface area contributed by atoms with E-state index in [2.05, 4.69) is 11.8 Å². The van der Waals surface area contributed by atoms with Crippen LogP contribution >= 0.6 is 0 Å². The lowest BCUT2D eigenvalue weighted by atomic mass is 9.59. The number of benzene rings is 2. The number of ketones is 1. The van der Waals surface area contributed by atoms with Gasteiger partial charge in [-0.1, -0.05) is 24.0 Å². The smallest absolute Gasteiger partial charge is 0.248 e. The molecule has 2 aromatic rings. The minimum Gasteiger partial charge on any atom is -0.510 e. The summed E-state index contributed by atoms with van der Waals surface area (Å²) in [6.45, 7) is 0. The summed E-state index contributed by atoms with van der Waals surface area (Å²) >= 11 is 0. The van der Waals surface area contributed by atoms with Gasteiger partial charge in [0.25, 0.3) is 0 Å². The molecule has 0 radical (unpaired) electrons. The van der Waals surface area contributed by atoms with Crippen molar-refractivity contribution >= 4 is 11.7 Å².